The van der Waals surface area contributed by atoms with Gasteiger partial charge in [0.2, 0.25) is 0 Å². The van der Waals surface area contributed by atoms with E-state index in [1.165, 1.54) is 11.3 Å². The van der Waals surface area contributed by atoms with Gasteiger partial charge in [0.1, 0.15) is 21.5 Å². The van der Waals surface area contributed by atoms with Gasteiger partial charge in [-0.25, -0.2) is 9.97 Å². The summed E-state index contributed by atoms with van der Waals surface area (Å²) in [6.45, 7) is 6.56. The van der Waals surface area contributed by atoms with Crippen LogP contribution in [0.3, 0.4) is 0 Å². The van der Waals surface area contributed by atoms with Crippen molar-refractivity contribution < 1.29 is 4.79 Å². The number of carbonyl (C=O) groups excluding carboxylic acids is 1. The number of carbonyl (C=O) groups is 1. The van der Waals surface area contributed by atoms with Crippen molar-refractivity contribution in [1.29, 1.82) is 0 Å². The van der Waals surface area contributed by atoms with Gasteiger partial charge in [-0.2, -0.15) is 0 Å². The lowest BCUT2D eigenvalue weighted by molar-refractivity contribution is 0.102. The van der Waals surface area contributed by atoms with E-state index in [9.17, 15) is 4.79 Å². The average Bonchev–Trinajstić information content (AvgIpc) is 3.39. The molecule has 0 aliphatic carbocycles. The van der Waals surface area contributed by atoms with Crippen molar-refractivity contribution in [2.75, 3.05) is 43.9 Å². The maximum absolute atomic E-state index is 13.5. The normalized spacial score (nSPS) is 11.0. The highest BCUT2D eigenvalue weighted by Crippen LogP contribution is 2.31. The minimum Gasteiger partial charge on any atom is -0.355 e. The molecule has 2 heterocycles. The van der Waals surface area contributed by atoms with Gasteiger partial charge in [-0.15, -0.1) is 10.2 Å². The van der Waals surface area contributed by atoms with Gasteiger partial charge in [-0.1, -0.05) is 60.7 Å². The molecular formula is C27H31N7OS. The first-order valence-electron chi connectivity index (χ1n) is 12.1. The second-order valence-corrected chi connectivity index (χ2v) is 9.60. The summed E-state index contributed by atoms with van der Waals surface area (Å²) in [5, 5.41) is 13.3. The Balaban J connectivity index is 1.69. The summed E-state index contributed by atoms with van der Waals surface area (Å²) in [6, 6.07) is 19.1. The molecule has 1 N–H and O–H groups in total. The lowest BCUT2D eigenvalue weighted by atomic mass is 10.1. The zero-order valence-corrected chi connectivity index (χ0v) is 21.9. The molecule has 0 fully saturated rings. The number of aryl methyl sites for hydroxylation is 1. The van der Waals surface area contributed by atoms with E-state index in [0.717, 1.165) is 53.0 Å². The van der Waals surface area contributed by atoms with Crippen molar-refractivity contribution >= 4 is 28.7 Å². The largest absolute Gasteiger partial charge is 0.355 e. The van der Waals surface area contributed by atoms with E-state index in [-0.39, 0.29) is 5.91 Å². The van der Waals surface area contributed by atoms with Crippen LogP contribution in [0.4, 0.5) is 11.5 Å². The van der Waals surface area contributed by atoms with Crippen LogP contribution in [0.5, 0.6) is 0 Å². The zero-order chi connectivity index (χ0) is 25.5. The summed E-state index contributed by atoms with van der Waals surface area (Å²) < 4.78 is 0. The first-order chi connectivity index (χ1) is 17.5. The Bertz CT molecular complexity index is 1310. The Morgan fingerprint density at radius 1 is 0.944 bits per heavy atom. The van der Waals surface area contributed by atoms with Crippen LogP contribution in [-0.2, 0) is 6.42 Å². The van der Waals surface area contributed by atoms with Gasteiger partial charge in [0, 0.05) is 36.8 Å². The maximum Gasteiger partial charge on any atom is 0.274 e. The van der Waals surface area contributed by atoms with Gasteiger partial charge in [0.15, 0.2) is 5.82 Å². The molecule has 0 saturated carbocycles. The van der Waals surface area contributed by atoms with E-state index in [1.807, 2.05) is 75.6 Å². The number of para-hydroxylation sites is 1. The van der Waals surface area contributed by atoms with Gasteiger partial charge >= 0.3 is 0 Å². The molecule has 4 aromatic rings. The number of anilines is 2. The molecule has 0 aliphatic heterocycles. The molecule has 9 heteroatoms. The summed E-state index contributed by atoms with van der Waals surface area (Å²) in [5.41, 5.74) is 2.67. The quantitative estimate of drug-likeness (QED) is 0.332. The van der Waals surface area contributed by atoms with Gasteiger partial charge < -0.3 is 15.1 Å². The van der Waals surface area contributed by atoms with Crippen LogP contribution in [0, 0.1) is 0 Å². The number of hydrogen-bond acceptors (Lipinski definition) is 8. The highest BCUT2D eigenvalue weighted by atomic mass is 32.1. The predicted molar refractivity (Wildman–Crippen MR) is 147 cm³/mol. The molecule has 0 bridgehead atoms. The fraction of sp³-hybridized carbons (Fsp3) is 0.296. The van der Waals surface area contributed by atoms with Crippen molar-refractivity contribution in [1.82, 2.24) is 25.1 Å². The highest BCUT2D eigenvalue weighted by Gasteiger charge is 2.18. The maximum atomic E-state index is 13.5. The summed E-state index contributed by atoms with van der Waals surface area (Å²) in [4.78, 5) is 27.3. The highest BCUT2D eigenvalue weighted by molar-refractivity contribution is 7.14. The summed E-state index contributed by atoms with van der Waals surface area (Å²) >= 11 is 1.53. The number of benzene rings is 2. The Hall–Kier alpha value is -3.69. The molecule has 1 amide bonds. The first kappa shape index (κ1) is 25.4. The van der Waals surface area contributed by atoms with Crippen molar-refractivity contribution in [3.8, 4) is 22.0 Å². The molecule has 36 heavy (non-hydrogen) atoms. The van der Waals surface area contributed by atoms with Crippen molar-refractivity contribution in [2.24, 2.45) is 0 Å². The van der Waals surface area contributed by atoms with E-state index in [1.54, 1.807) is 6.07 Å². The van der Waals surface area contributed by atoms with Gasteiger partial charge in [-0.3, -0.25) is 4.79 Å². The number of likely N-dealkylation sites (N-methyl/N-ethyl adjacent to an activating group) is 2. The van der Waals surface area contributed by atoms with Crippen LogP contribution in [0.2, 0.25) is 0 Å². The van der Waals surface area contributed by atoms with Crippen LogP contribution < -0.4 is 10.2 Å². The average molecular weight is 502 g/mol. The topological polar surface area (TPSA) is 87.1 Å². The molecule has 2 aromatic carbocycles. The molecule has 0 aliphatic rings. The minimum absolute atomic E-state index is 0.299. The predicted octanol–water partition coefficient (Wildman–Crippen LogP) is 4.86. The molecule has 186 valence electrons. The fourth-order valence-electron chi connectivity index (χ4n) is 3.65. The molecule has 8 nitrogen and oxygen atoms in total. The smallest absolute Gasteiger partial charge is 0.274 e. The van der Waals surface area contributed by atoms with Crippen LogP contribution in [0.15, 0.2) is 60.7 Å². The second kappa shape index (κ2) is 11.8. The Morgan fingerprint density at radius 2 is 1.69 bits per heavy atom. The number of rotatable bonds is 10. The van der Waals surface area contributed by atoms with Crippen molar-refractivity contribution in [3.05, 3.63) is 71.4 Å². The van der Waals surface area contributed by atoms with Crippen molar-refractivity contribution in [3.63, 3.8) is 0 Å². The van der Waals surface area contributed by atoms with E-state index in [0.29, 0.717) is 17.2 Å². The van der Waals surface area contributed by atoms with Crippen LogP contribution in [0.25, 0.3) is 22.0 Å². The molecule has 0 unspecified atom stereocenters. The zero-order valence-electron chi connectivity index (χ0n) is 21.1. The van der Waals surface area contributed by atoms with E-state index >= 15 is 0 Å². The number of hydrogen-bond donors (Lipinski definition) is 1. The van der Waals surface area contributed by atoms with E-state index in [4.69, 9.17) is 4.98 Å². The summed E-state index contributed by atoms with van der Waals surface area (Å²) in [6.07, 6.45) is 0.819. The van der Waals surface area contributed by atoms with Gasteiger partial charge in [0.25, 0.3) is 5.91 Å². The Kier molecular flexibility index (Phi) is 8.35. The number of nitrogens with one attached hydrogen (secondary N) is 1. The fourth-order valence-corrected chi connectivity index (χ4v) is 4.47. The van der Waals surface area contributed by atoms with Crippen LogP contribution >= 0.6 is 11.3 Å². The number of aromatic nitrogens is 4. The van der Waals surface area contributed by atoms with E-state index in [2.05, 4.69) is 37.2 Å². The molecule has 2 aromatic heterocycles. The molecule has 4 rings (SSSR count). The third-order valence-corrected chi connectivity index (χ3v) is 6.78. The van der Waals surface area contributed by atoms with Gasteiger partial charge in [-0.05, 0) is 39.6 Å². The number of amides is 1. The molecule has 0 atom stereocenters. The number of nitrogens with zero attached hydrogens (tertiary/aromatic N) is 6. The Morgan fingerprint density at radius 3 is 2.39 bits per heavy atom. The summed E-state index contributed by atoms with van der Waals surface area (Å²) in [7, 11) is 4.09. The first-order valence-corrected chi connectivity index (χ1v) is 12.9. The molecule has 0 radical (unpaired) electrons. The third-order valence-electron chi connectivity index (χ3n) is 5.68. The Labute approximate surface area is 216 Å². The standard InChI is InChI=1S/C27H31N7OS/c1-5-24-31-32-27(36-24)20-14-10-11-15-21(20)29-26(35)22-18-23(34(6-2)17-16-33(3)4)30-25(28-22)19-12-8-7-9-13-19/h7-15,18H,5-6,16-17H2,1-4H3,(H,29,35). The van der Waals surface area contributed by atoms with E-state index < -0.39 is 0 Å². The van der Waals surface area contributed by atoms with Crippen molar-refractivity contribution in [2.45, 2.75) is 20.3 Å². The molecule has 0 spiro atoms. The van der Waals surface area contributed by atoms with Crippen LogP contribution in [-0.4, -0.2) is 64.7 Å². The lowest BCUT2D eigenvalue weighted by Gasteiger charge is -2.24. The second-order valence-electron chi connectivity index (χ2n) is 8.54. The van der Waals surface area contributed by atoms with Crippen LogP contribution in [0.1, 0.15) is 29.3 Å². The lowest BCUT2D eigenvalue weighted by Crippen LogP contribution is -2.32. The summed E-state index contributed by atoms with van der Waals surface area (Å²) in [5.74, 6) is 0.946. The third kappa shape index (κ3) is 6.10. The molecule has 0 saturated heterocycles. The monoisotopic (exact) mass is 501 g/mol. The SMILES string of the molecule is CCc1nnc(-c2ccccc2NC(=O)c2cc(N(CC)CCN(C)C)nc(-c3ccccc3)n2)s1. The van der Waals surface area contributed by atoms with Gasteiger partial charge in [0.05, 0.1) is 5.69 Å². The minimum atomic E-state index is -0.299. The molecular weight excluding hydrogens is 470 g/mol.